The number of pyridine rings is 1. The number of nitrogens with zero attached hydrogens (tertiary/aromatic N) is 1. The predicted octanol–water partition coefficient (Wildman–Crippen LogP) is 0.314. The first-order valence-corrected chi connectivity index (χ1v) is 7.19. The molecule has 0 bridgehead atoms. The van der Waals surface area contributed by atoms with E-state index in [1.807, 2.05) is 0 Å². The van der Waals surface area contributed by atoms with Gasteiger partial charge in [-0.1, -0.05) is 0 Å². The van der Waals surface area contributed by atoms with Crippen LogP contribution in [0.15, 0.2) is 24.5 Å². The number of hydrogen-bond donors (Lipinski definition) is 2. The number of aromatic nitrogens is 1. The lowest BCUT2D eigenvalue weighted by Crippen LogP contribution is -2.29. The van der Waals surface area contributed by atoms with Crippen molar-refractivity contribution >= 4 is 10.0 Å². The van der Waals surface area contributed by atoms with E-state index >= 15 is 0 Å². The second-order valence-corrected chi connectivity index (χ2v) is 5.88. The zero-order valence-electron chi connectivity index (χ0n) is 9.83. The minimum atomic E-state index is -3.26. The Kier molecular flexibility index (Phi) is 5.54. The van der Waals surface area contributed by atoms with Crippen molar-refractivity contribution in [1.82, 2.24) is 9.71 Å². The highest BCUT2D eigenvalue weighted by Gasteiger charge is 2.10. The van der Waals surface area contributed by atoms with E-state index in [4.69, 9.17) is 5.11 Å². The molecule has 1 aromatic rings. The number of aliphatic hydroxyl groups excluding tert-OH is 1. The zero-order chi connectivity index (χ0) is 12.7. The molecule has 0 aliphatic rings. The summed E-state index contributed by atoms with van der Waals surface area (Å²) in [7, 11) is -3.26. The highest BCUT2D eigenvalue weighted by Crippen LogP contribution is 2.00. The molecule has 6 heteroatoms. The van der Waals surface area contributed by atoms with Crippen LogP contribution in [0.3, 0.4) is 0 Å². The van der Waals surface area contributed by atoms with Gasteiger partial charge in [0.25, 0.3) is 0 Å². The van der Waals surface area contributed by atoms with Crippen LogP contribution in [0.2, 0.25) is 0 Å². The molecule has 0 aliphatic heterocycles. The van der Waals surface area contributed by atoms with Gasteiger partial charge < -0.3 is 5.11 Å². The first-order chi connectivity index (χ1) is 7.99. The van der Waals surface area contributed by atoms with Gasteiger partial charge >= 0.3 is 0 Å². The van der Waals surface area contributed by atoms with Crippen LogP contribution in [-0.4, -0.2) is 36.9 Å². The number of rotatable bonds is 7. The molecule has 0 radical (unpaired) electrons. The van der Waals surface area contributed by atoms with Crippen LogP contribution in [0.1, 0.15) is 18.9 Å². The molecule has 1 unspecified atom stereocenters. The van der Waals surface area contributed by atoms with Crippen molar-refractivity contribution in [3.8, 4) is 0 Å². The van der Waals surface area contributed by atoms with Crippen molar-refractivity contribution in [3.05, 3.63) is 30.1 Å². The molecule has 5 nitrogen and oxygen atoms in total. The second kappa shape index (κ2) is 6.68. The normalized spacial score (nSPS) is 13.5. The Balaban J connectivity index is 2.35. The molecule has 1 aromatic heterocycles. The van der Waals surface area contributed by atoms with E-state index in [2.05, 4.69) is 9.71 Å². The van der Waals surface area contributed by atoms with Gasteiger partial charge in [-0.15, -0.1) is 0 Å². The second-order valence-electron chi connectivity index (χ2n) is 3.96. The van der Waals surface area contributed by atoms with Crippen LogP contribution in [-0.2, 0) is 16.4 Å². The van der Waals surface area contributed by atoms with E-state index in [1.165, 1.54) is 0 Å². The SMILES string of the molecule is CC(O)CCNS(=O)(=O)CCc1ccncc1. The lowest BCUT2D eigenvalue weighted by molar-refractivity contribution is 0.186. The molecule has 0 saturated carbocycles. The molecule has 0 saturated heterocycles. The number of aryl methyl sites for hydroxylation is 1. The van der Waals surface area contributed by atoms with E-state index in [9.17, 15) is 8.42 Å². The topological polar surface area (TPSA) is 79.3 Å². The summed E-state index contributed by atoms with van der Waals surface area (Å²) in [4.78, 5) is 3.87. The summed E-state index contributed by atoms with van der Waals surface area (Å²) in [5.41, 5.74) is 0.945. The van der Waals surface area contributed by atoms with Crippen LogP contribution in [0.25, 0.3) is 0 Å². The van der Waals surface area contributed by atoms with Gasteiger partial charge in [0.1, 0.15) is 0 Å². The maximum atomic E-state index is 11.6. The monoisotopic (exact) mass is 258 g/mol. The van der Waals surface area contributed by atoms with E-state index < -0.39 is 16.1 Å². The minimum Gasteiger partial charge on any atom is -0.393 e. The number of aliphatic hydroxyl groups is 1. The minimum absolute atomic E-state index is 0.0524. The fourth-order valence-electron chi connectivity index (χ4n) is 1.30. The molecule has 96 valence electrons. The summed E-state index contributed by atoms with van der Waals surface area (Å²) in [6.07, 6.45) is 3.69. The largest absolute Gasteiger partial charge is 0.393 e. The molecule has 17 heavy (non-hydrogen) atoms. The third-order valence-corrected chi connectivity index (χ3v) is 3.68. The fraction of sp³-hybridized carbons (Fsp3) is 0.545. The van der Waals surface area contributed by atoms with E-state index in [0.29, 0.717) is 12.8 Å². The molecule has 1 heterocycles. The highest BCUT2D eigenvalue weighted by molar-refractivity contribution is 7.89. The molecule has 1 rings (SSSR count). The molecule has 0 amide bonds. The van der Waals surface area contributed by atoms with Crippen molar-refractivity contribution in [2.24, 2.45) is 0 Å². The number of nitrogens with one attached hydrogen (secondary N) is 1. The lowest BCUT2D eigenvalue weighted by atomic mass is 10.2. The highest BCUT2D eigenvalue weighted by atomic mass is 32.2. The van der Waals surface area contributed by atoms with Gasteiger partial charge in [0, 0.05) is 18.9 Å². The van der Waals surface area contributed by atoms with E-state index in [1.54, 1.807) is 31.5 Å². The van der Waals surface area contributed by atoms with Crippen LogP contribution in [0.4, 0.5) is 0 Å². The molecular formula is C11H18N2O3S. The number of sulfonamides is 1. The van der Waals surface area contributed by atoms with Gasteiger partial charge in [0.05, 0.1) is 11.9 Å². The molecule has 0 spiro atoms. The Hall–Kier alpha value is -0.980. The fourth-order valence-corrected chi connectivity index (χ4v) is 2.37. The molecule has 1 atom stereocenters. The van der Waals surface area contributed by atoms with Crippen molar-refractivity contribution < 1.29 is 13.5 Å². The third kappa shape index (κ3) is 6.35. The average molecular weight is 258 g/mol. The lowest BCUT2D eigenvalue weighted by Gasteiger charge is -2.07. The summed E-state index contributed by atoms with van der Waals surface area (Å²) in [6, 6.07) is 3.59. The molecule has 0 aromatic carbocycles. The molecular weight excluding hydrogens is 240 g/mol. The molecule has 0 fully saturated rings. The Morgan fingerprint density at radius 2 is 2.06 bits per heavy atom. The first-order valence-electron chi connectivity index (χ1n) is 5.54. The van der Waals surface area contributed by atoms with Crippen molar-refractivity contribution in [2.45, 2.75) is 25.9 Å². The standard InChI is InChI=1S/C11H18N2O3S/c1-10(14)2-8-13-17(15,16)9-5-11-3-6-12-7-4-11/h3-4,6-7,10,13-14H,2,5,8-9H2,1H3. The average Bonchev–Trinajstić information content (AvgIpc) is 2.27. The van der Waals surface area contributed by atoms with Gasteiger partial charge in [-0.25, -0.2) is 13.1 Å². The van der Waals surface area contributed by atoms with E-state index in [0.717, 1.165) is 5.56 Å². The van der Waals surface area contributed by atoms with Gasteiger partial charge in [0.2, 0.25) is 10.0 Å². The van der Waals surface area contributed by atoms with E-state index in [-0.39, 0.29) is 12.3 Å². The van der Waals surface area contributed by atoms with Gasteiger partial charge in [-0.05, 0) is 37.5 Å². The maximum Gasteiger partial charge on any atom is 0.211 e. The molecule has 0 aliphatic carbocycles. The molecule has 2 N–H and O–H groups in total. The first kappa shape index (κ1) is 14.1. The van der Waals surface area contributed by atoms with Crippen LogP contribution < -0.4 is 4.72 Å². The van der Waals surface area contributed by atoms with Gasteiger partial charge in [0.15, 0.2) is 0 Å². The van der Waals surface area contributed by atoms with Gasteiger partial charge in [-0.2, -0.15) is 0 Å². The van der Waals surface area contributed by atoms with Gasteiger partial charge in [-0.3, -0.25) is 4.98 Å². The van der Waals surface area contributed by atoms with Crippen molar-refractivity contribution in [2.75, 3.05) is 12.3 Å². The smallest absolute Gasteiger partial charge is 0.211 e. The predicted molar refractivity (Wildman–Crippen MR) is 66.0 cm³/mol. The summed E-state index contributed by atoms with van der Waals surface area (Å²) in [5.74, 6) is 0.0524. The summed E-state index contributed by atoms with van der Waals surface area (Å²) >= 11 is 0. The van der Waals surface area contributed by atoms with Crippen LogP contribution in [0, 0.1) is 0 Å². The Morgan fingerprint density at radius 3 is 2.65 bits per heavy atom. The van der Waals surface area contributed by atoms with Crippen LogP contribution in [0.5, 0.6) is 0 Å². The summed E-state index contributed by atoms with van der Waals surface area (Å²) < 4.78 is 25.6. The maximum absolute atomic E-state index is 11.6. The number of hydrogen-bond acceptors (Lipinski definition) is 4. The van der Waals surface area contributed by atoms with Crippen molar-refractivity contribution in [1.29, 1.82) is 0 Å². The van der Waals surface area contributed by atoms with Crippen LogP contribution >= 0.6 is 0 Å². The van der Waals surface area contributed by atoms with Crippen molar-refractivity contribution in [3.63, 3.8) is 0 Å². The summed E-state index contributed by atoms with van der Waals surface area (Å²) in [5, 5.41) is 9.02. The zero-order valence-corrected chi connectivity index (χ0v) is 10.7. The Morgan fingerprint density at radius 1 is 1.41 bits per heavy atom. The Bertz CT molecular complexity index is 418. The third-order valence-electron chi connectivity index (χ3n) is 2.29. The quantitative estimate of drug-likeness (QED) is 0.738. The Labute approximate surface area is 102 Å². The summed E-state index contributed by atoms with van der Waals surface area (Å²) in [6.45, 7) is 1.90.